The fraction of sp³-hybridized carbons (Fsp3) is 0.412. The molecule has 0 spiro atoms. The van der Waals surface area contributed by atoms with Crippen LogP contribution in [0.5, 0.6) is 5.75 Å². The summed E-state index contributed by atoms with van der Waals surface area (Å²) in [7, 11) is 3.55. The molecule has 1 heterocycles. The number of aromatic nitrogens is 1. The van der Waals surface area contributed by atoms with Gasteiger partial charge in [0.25, 0.3) is 0 Å². The largest absolute Gasteiger partial charge is 0.497 e. The fourth-order valence-electron chi connectivity index (χ4n) is 2.83. The minimum Gasteiger partial charge on any atom is -0.497 e. The average Bonchev–Trinajstić information content (AvgIpc) is 3.22. The molecule has 0 aliphatic heterocycles. The van der Waals surface area contributed by atoms with Gasteiger partial charge in [-0.05, 0) is 43.5 Å². The van der Waals surface area contributed by atoms with E-state index in [1.54, 1.807) is 19.2 Å². The van der Waals surface area contributed by atoms with Gasteiger partial charge in [0.15, 0.2) is 0 Å². The van der Waals surface area contributed by atoms with E-state index in [1.807, 2.05) is 17.8 Å². The summed E-state index contributed by atoms with van der Waals surface area (Å²) in [5, 5.41) is 3.38. The molecule has 21 heavy (non-hydrogen) atoms. The number of halogens is 1. The predicted octanol–water partition coefficient (Wildman–Crippen LogP) is 3.35. The molecule has 0 bridgehead atoms. The Morgan fingerprint density at radius 3 is 2.81 bits per heavy atom. The summed E-state index contributed by atoms with van der Waals surface area (Å²) in [6, 6.07) is 7.56. The van der Waals surface area contributed by atoms with E-state index >= 15 is 0 Å². The molecule has 1 atom stereocenters. The second kappa shape index (κ2) is 5.90. The highest BCUT2D eigenvalue weighted by molar-refractivity contribution is 5.29. The lowest BCUT2D eigenvalue weighted by Crippen LogP contribution is -2.17. The third-order valence-electron chi connectivity index (χ3n) is 4.15. The highest BCUT2D eigenvalue weighted by atomic mass is 19.1. The second-order valence-electron chi connectivity index (χ2n) is 5.68. The van der Waals surface area contributed by atoms with Crippen LogP contribution >= 0.6 is 0 Å². The number of hydrogen-bond donors (Lipinski definition) is 1. The number of rotatable bonds is 6. The van der Waals surface area contributed by atoms with Crippen molar-refractivity contribution in [1.29, 1.82) is 0 Å². The van der Waals surface area contributed by atoms with E-state index in [9.17, 15) is 4.39 Å². The molecule has 3 rings (SSSR count). The monoisotopic (exact) mass is 288 g/mol. The van der Waals surface area contributed by atoms with Gasteiger partial charge in [-0.25, -0.2) is 4.39 Å². The molecule has 0 saturated heterocycles. The van der Waals surface area contributed by atoms with Gasteiger partial charge in [-0.2, -0.15) is 0 Å². The Hall–Kier alpha value is -1.81. The molecule has 1 unspecified atom stereocenters. The second-order valence-corrected chi connectivity index (χ2v) is 5.68. The molecule has 1 aromatic heterocycles. The third kappa shape index (κ3) is 3.10. The summed E-state index contributed by atoms with van der Waals surface area (Å²) in [5.74, 6) is 1.08. The van der Waals surface area contributed by atoms with Crippen LogP contribution in [0.15, 0.2) is 36.7 Å². The van der Waals surface area contributed by atoms with E-state index in [4.69, 9.17) is 4.74 Å². The van der Waals surface area contributed by atoms with Crippen LogP contribution in [0.2, 0.25) is 0 Å². The van der Waals surface area contributed by atoms with Gasteiger partial charge in [0.2, 0.25) is 0 Å². The molecule has 3 nitrogen and oxygen atoms in total. The molecule has 1 aromatic carbocycles. The Balaban J connectivity index is 1.74. The van der Waals surface area contributed by atoms with Gasteiger partial charge in [-0.15, -0.1) is 0 Å². The van der Waals surface area contributed by atoms with Crippen LogP contribution in [0.1, 0.15) is 30.0 Å². The summed E-state index contributed by atoms with van der Waals surface area (Å²) in [6.07, 6.45) is 6.72. The minimum atomic E-state index is -0.225. The summed E-state index contributed by atoms with van der Waals surface area (Å²) in [6.45, 7) is 0.539. The van der Waals surface area contributed by atoms with Crippen molar-refractivity contribution in [3.63, 3.8) is 0 Å². The zero-order chi connectivity index (χ0) is 14.8. The van der Waals surface area contributed by atoms with Crippen LogP contribution < -0.4 is 10.1 Å². The summed E-state index contributed by atoms with van der Waals surface area (Å²) >= 11 is 0. The highest BCUT2D eigenvalue weighted by Crippen LogP contribution is 2.40. The van der Waals surface area contributed by atoms with Crippen LogP contribution in [-0.4, -0.2) is 18.7 Å². The van der Waals surface area contributed by atoms with Gasteiger partial charge in [0.1, 0.15) is 11.6 Å². The molecule has 1 fully saturated rings. The first-order chi connectivity index (χ1) is 10.2. The SMILES string of the molecule is CNC(c1ccn(Cc2ccc(OC)cc2F)c1)C1CC1. The van der Waals surface area contributed by atoms with Gasteiger partial charge in [-0.3, -0.25) is 0 Å². The van der Waals surface area contributed by atoms with Crippen LogP contribution in [0.25, 0.3) is 0 Å². The highest BCUT2D eigenvalue weighted by Gasteiger charge is 2.31. The first-order valence-corrected chi connectivity index (χ1v) is 7.36. The normalized spacial score (nSPS) is 16.0. The number of nitrogens with one attached hydrogen (secondary N) is 1. The Bertz CT molecular complexity index is 619. The number of hydrogen-bond acceptors (Lipinski definition) is 2. The van der Waals surface area contributed by atoms with Crippen molar-refractivity contribution in [2.24, 2.45) is 5.92 Å². The molecule has 112 valence electrons. The van der Waals surface area contributed by atoms with Gasteiger partial charge in [-0.1, -0.05) is 6.07 Å². The van der Waals surface area contributed by atoms with E-state index in [2.05, 4.69) is 17.6 Å². The average molecular weight is 288 g/mol. The Morgan fingerprint density at radius 2 is 2.19 bits per heavy atom. The van der Waals surface area contributed by atoms with E-state index in [0.717, 1.165) is 5.92 Å². The van der Waals surface area contributed by atoms with Crippen molar-refractivity contribution in [3.8, 4) is 5.75 Å². The zero-order valence-electron chi connectivity index (χ0n) is 12.5. The first kappa shape index (κ1) is 14.1. The van der Waals surface area contributed by atoms with Crippen LogP contribution in [0.4, 0.5) is 4.39 Å². The quantitative estimate of drug-likeness (QED) is 0.882. The lowest BCUT2D eigenvalue weighted by atomic mass is 10.1. The lowest BCUT2D eigenvalue weighted by molar-refractivity contribution is 0.410. The summed E-state index contributed by atoms with van der Waals surface area (Å²) in [5.41, 5.74) is 1.96. The molecule has 0 radical (unpaired) electrons. The van der Waals surface area contributed by atoms with Crippen molar-refractivity contribution < 1.29 is 9.13 Å². The molecule has 4 heteroatoms. The molecular formula is C17H21FN2O. The third-order valence-corrected chi connectivity index (χ3v) is 4.15. The predicted molar refractivity (Wildman–Crippen MR) is 81.0 cm³/mol. The Kier molecular flexibility index (Phi) is 3.97. The molecule has 2 aromatic rings. The molecule has 0 amide bonds. The summed E-state index contributed by atoms with van der Waals surface area (Å²) in [4.78, 5) is 0. The van der Waals surface area contributed by atoms with E-state index in [1.165, 1.54) is 24.5 Å². The number of nitrogens with zero attached hydrogens (tertiary/aromatic N) is 1. The topological polar surface area (TPSA) is 26.2 Å². The van der Waals surface area contributed by atoms with E-state index < -0.39 is 0 Å². The van der Waals surface area contributed by atoms with Gasteiger partial charge in [0, 0.05) is 36.6 Å². The molecule has 1 N–H and O–H groups in total. The van der Waals surface area contributed by atoms with Crippen molar-refractivity contribution in [2.45, 2.75) is 25.4 Å². The standard InChI is InChI=1S/C17H21FN2O/c1-19-17(12-3-4-12)14-7-8-20(11-14)10-13-5-6-15(21-2)9-16(13)18/h5-9,11-12,17,19H,3-4,10H2,1-2H3. The number of ether oxygens (including phenoxy) is 1. The molecule has 1 aliphatic carbocycles. The van der Waals surface area contributed by atoms with Crippen molar-refractivity contribution in [3.05, 3.63) is 53.6 Å². The summed E-state index contributed by atoms with van der Waals surface area (Å²) < 4.78 is 21.1. The molecular weight excluding hydrogens is 267 g/mol. The fourth-order valence-corrected chi connectivity index (χ4v) is 2.83. The van der Waals surface area contributed by atoms with Crippen LogP contribution in [0.3, 0.4) is 0 Å². The Morgan fingerprint density at radius 1 is 1.38 bits per heavy atom. The van der Waals surface area contributed by atoms with Crippen LogP contribution in [0, 0.1) is 11.7 Å². The smallest absolute Gasteiger partial charge is 0.131 e. The van der Waals surface area contributed by atoms with E-state index in [0.29, 0.717) is 23.9 Å². The lowest BCUT2D eigenvalue weighted by Gasteiger charge is -2.13. The number of benzene rings is 1. The van der Waals surface area contributed by atoms with Gasteiger partial charge in [0.05, 0.1) is 7.11 Å². The minimum absolute atomic E-state index is 0.225. The van der Waals surface area contributed by atoms with Gasteiger partial charge >= 0.3 is 0 Å². The maximum Gasteiger partial charge on any atom is 0.131 e. The van der Waals surface area contributed by atoms with E-state index in [-0.39, 0.29) is 5.82 Å². The van der Waals surface area contributed by atoms with Gasteiger partial charge < -0.3 is 14.6 Å². The molecule has 1 aliphatic rings. The Labute approximate surface area is 124 Å². The number of methoxy groups -OCH3 is 1. The maximum absolute atomic E-state index is 14.0. The maximum atomic E-state index is 14.0. The van der Waals surface area contributed by atoms with Crippen molar-refractivity contribution >= 4 is 0 Å². The molecule has 1 saturated carbocycles. The van der Waals surface area contributed by atoms with Crippen molar-refractivity contribution in [2.75, 3.05) is 14.2 Å². The first-order valence-electron chi connectivity index (χ1n) is 7.36. The van der Waals surface area contributed by atoms with Crippen molar-refractivity contribution in [1.82, 2.24) is 9.88 Å². The van der Waals surface area contributed by atoms with Crippen LogP contribution in [-0.2, 0) is 6.54 Å². The zero-order valence-corrected chi connectivity index (χ0v) is 12.5.